The summed E-state index contributed by atoms with van der Waals surface area (Å²) in [6, 6.07) is 19.8. The Morgan fingerprint density at radius 3 is 2.10 bits per heavy atom. The van der Waals surface area contributed by atoms with E-state index in [2.05, 4.69) is 11.7 Å². The summed E-state index contributed by atoms with van der Waals surface area (Å²) in [4.78, 5) is 25.7. The number of halogens is 3. The van der Waals surface area contributed by atoms with Gasteiger partial charge in [0.1, 0.15) is 17.2 Å². The molecule has 0 bridgehead atoms. The second-order valence-corrected chi connectivity index (χ2v) is 9.96. The second-order valence-electron chi connectivity index (χ2n) is 9.96. The topological polar surface area (TPSA) is 71.1 Å². The predicted octanol–water partition coefficient (Wildman–Crippen LogP) is 8.43. The van der Waals surface area contributed by atoms with Crippen molar-refractivity contribution in [3.8, 4) is 28.4 Å². The number of hydrogen-bond acceptors (Lipinski definition) is 6. The van der Waals surface area contributed by atoms with Crippen molar-refractivity contribution in [3.05, 3.63) is 78.4 Å². The Bertz CT molecular complexity index is 1280. The molecule has 0 saturated carbocycles. The van der Waals surface area contributed by atoms with E-state index in [1.165, 1.54) is 37.8 Å². The largest absolute Gasteiger partial charge is 0.494 e. The quantitative estimate of drug-likeness (QED) is 0.101. The number of carbonyl (C=O) groups is 2. The number of ether oxygens (including phenoxy) is 4. The summed E-state index contributed by atoms with van der Waals surface area (Å²) in [5.41, 5.74) is 1.11. The van der Waals surface area contributed by atoms with Gasteiger partial charge in [0.15, 0.2) is 6.10 Å². The number of carbonyl (C=O) groups excluding carboxylic acids is 2. The van der Waals surface area contributed by atoms with Gasteiger partial charge in [0, 0.05) is 12.7 Å². The Balaban J connectivity index is 1.71. The molecule has 0 aliphatic rings. The Morgan fingerprint density at radius 2 is 1.45 bits per heavy atom. The van der Waals surface area contributed by atoms with Crippen molar-refractivity contribution in [3.63, 3.8) is 0 Å². The summed E-state index contributed by atoms with van der Waals surface area (Å²) in [5, 5.41) is 0. The maximum absolute atomic E-state index is 13.3. The van der Waals surface area contributed by atoms with Crippen LogP contribution in [0.2, 0.25) is 0 Å². The van der Waals surface area contributed by atoms with Gasteiger partial charge in [0.25, 0.3) is 0 Å². The molecule has 0 radical (unpaired) electrons. The van der Waals surface area contributed by atoms with Gasteiger partial charge < -0.3 is 18.9 Å². The molecule has 0 amide bonds. The first-order valence-electron chi connectivity index (χ1n) is 14.1. The lowest BCUT2D eigenvalue weighted by molar-refractivity contribution is -0.228. The van der Waals surface area contributed by atoms with Crippen LogP contribution in [0.1, 0.15) is 62.7 Å². The second kappa shape index (κ2) is 16.0. The van der Waals surface area contributed by atoms with Gasteiger partial charge in [-0.15, -0.1) is 0 Å². The van der Waals surface area contributed by atoms with Crippen LogP contribution in [0.5, 0.6) is 17.2 Å². The molecule has 0 aliphatic carbocycles. The molecular formula is C33H37F3O6. The molecule has 0 N–H and O–H groups in total. The van der Waals surface area contributed by atoms with Gasteiger partial charge in [-0.1, -0.05) is 69.4 Å². The molecule has 0 unspecified atom stereocenters. The number of esters is 2. The van der Waals surface area contributed by atoms with E-state index in [4.69, 9.17) is 14.2 Å². The van der Waals surface area contributed by atoms with E-state index in [-0.39, 0.29) is 17.1 Å². The molecule has 0 saturated heterocycles. The third-order valence-corrected chi connectivity index (χ3v) is 6.72. The van der Waals surface area contributed by atoms with Crippen molar-refractivity contribution in [2.24, 2.45) is 5.92 Å². The van der Waals surface area contributed by atoms with Gasteiger partial charge in [0.05, 0.1) is 18.1 Å². The van der Waals surface area contributed by atoms with E-state index >= 15 is 0 Å². The van der Waals surface area contributed by atoms with Crippen LogP contribution in [0.4, 0.5) is 13.2 Å². The highest BCUT2D eigenvalue weighted by molar-refractivity contribution is 5.93. The lowest BCUT2D eigenvalue weighted by atomic mass is 10.0. The zero-order valence-corrected chi connectivity index (χ0v) is 24.1. The van der Waals surface area contributed by atoms with Gasteiger partial charge in [0.2, 0.25) is 0 Å². The summed E-state index contributed by atoms with van der Waals surface area (Å²) in [7, 11) is 0.877. The number of alkyl halides is 3. The highest BCUT2D eigenvalue weighted by atomic mass is 19.4. The fraction of sp³-hybridized carbons (Fsp3) is 0.394. The minimum Gasteiger partial charge on any atom is -0.494 e. The van der Waals surface area contributed by atoms with E-state index < -0.39 is 30.1 Å². The molecule has 3 aromatic rings. The van der Waals surface area contributed by atoms with Gasteiger partial charge in [-0.3, -0.25) is 4.79 Å². The molecular weight excluding hydrogens is 549 g/mol. The summed E-state index contributed by atoms with van der Waals surface area (Å²) in [5.74, 6) is -2.69. The lowest BCUT2D eigenvalue weighted by Crippen LogP contribution is -2.41. The third kappa shape index (κ3) is 9.62. The van der Waals surface area contributed by atoms with Crippen LogP contribution in [0.25, 0.3) is 11.1 Å². The van der Waals surface area contributed by atoms with Crippen molar-refractivity contribution in [1.29, 1.82) is 0 Å². The minimum absolute atomic E-state index is 0.0487. The van der Waals surface area contributed by atoms with E-state index in [0.717, 1.165) is 26.9 Å². The summed E-state index contributed by atoms with van der Waals surface area (Å²) >= 11 is 0. The van der Waals surface area contributed by atoms with E-state index in [1.54, 1.807) is 60.7 Å². The van der Waals surface area contributed by atoms with Gasteiger partial charge in [-0.2, -0.15) is 13.2 Å². The van der Waals surface area contributed by atoms with Crippen molar-refractivity contribution in [2.75, 3.05) is 13.7 Å². The number of hydrogen-bond donors (Lipinski definition) is 0. The molecule has 3 aromatic carbocycles. The zero-order chi connectivity index (χ0) is 30.5. The predicted molar refractivity (Wildman–Crippen MR) is 154 cm³/mol. The first-order chi connectivity index (χ1) is 20.1. The van der Waals surface area contributed by atoms with Crippen molar-refractivity contribution < 1.29 is 41.7 Å². The van der Waals surface area contributed by atoms with Crippen molar-refractivity contribution in [2.45, 2.75) is 64.7 Å². The van der Waals surface area contributed by atoms with Crippen LogP contribution < -0.4 is 14.2 Å². The maximum Gasteiger partial charge on any atom is 0.415 e. The molecule has 6 nitrogen and oxygen atoms in total. The average molecular weight is 587 g/mol. The van der Waals surface area contributed by atoms with Crippen molar-refractivity contribution >= 4 is 11.9 Å². The standard InChI is InChI=1S/C33H37F3O6/c1-4-5-6-7-8-12-21-40-26-16-18-27(19-17-26)41-32(38)25-15-20-28(24-13-10-9-11-14-24)29(22-25)42-31(37)23(2)30(39-3)33(34,35)36/h9-11,13-20,22-23,30H,4-8,12,21H2,1-3H3/t23-,30+/m0/s1. The van der Waals surface area contributed by atoms with Gasteiger partial charge in [-0.05, 0) is 61.4 Å². The van der Waals surface area contributed by atoms with Gasteiger partial charge in [-0.25, -0.2) is 4.79 Å². The maximum atomic E-state index is 13.3. The lowest BCUT2D eigenvalue weighted by Gasteiger charge is -2.24. The van der Waals surface area contributed by atoms with E-state index in [0.29, 0.717) is 23.5 Å². The van der Waals surface area contributed by atoms with Crippen LogP contribution in [-0.2, 0) is 9.53 Å². The molecule has 226 valence electrons. The Labute approximate surface area is 244 Å². The molecule has 0 heterocycles. The Kier molecular flexibility index (Phi) is 12.4. The summed E-state index contributed by atoms with van der Waals surface area (Å²) in [6.07, 6.45) is -0.147. The fourth-order valence-electron chi connectivity index (χ4n) is 4.38. The van der Waals surface area contributed by atoms with Crippen LogP contribution >= 0.6 is 0 Å². The highest BCUT2D eigenvalue weighted by Crippen LogP contribution is 2.34. The van der Waals surface area contributed by atoms with Crippen LogP contribution in [0, 0.1) is 5.92 Å². The molecule has 2 atom stereocenters. The SMILES string of the molecule is CCCCCCCCOc1ccc(OC(=O)c2ccc(-c3ccccc3)c(OC(=O)[C@@H](C)[C@@H](OC)C(F)(F)F)c2)cc1. The first kappa shape index (κ1) is 32.7. The third-order valence-electron chi connectivity index (χ3n) is 6.72. The summed E-state index contributed by atoms with van der Waals surface area (Å²) in [6.45, 7) is 3.86. The molecule has 0 aromatic heterocycles. The number of methoxy groups -OCH3 is 1. The van der Waals surface area contributed by atoms with Gasteiger partial charge >= 0.3 is 18.1 Å². The number of rotatable bonds is 15. The van der Waals surface area contributed by atoms with Crippen LogP contribution in [0.15, 0.2) is 72.8 Å². The molecule has 0 fully saturated rings. The van der Waals surface area contributed by atoms with Crippen LogP contribution in [-0.4, -0.2) is 37.9 Å². The molecule has 3 rings (SSSR count). The zero-order valence-electron chi connectivity index (χ0n) is 24.1. The first-order valence-corrected chi connectivity index (χ1v) is 14.1. The monoisotopic (exact) mass is 586 g/mol. The average Bonchev–Trinajstić information content (AvgIpc) is 2.97. The smallest absolute Gasteiger partial charge is 0.415 e. The minimum atomic E-state index is -4.77. The fourth-order valence-corrected chi connectivity index (χ4v) is 4.38. The Morgan fingerprint density at radius 1 is 0.810 bits per heavy atom. The summed E-state index contributed by atoms with van der Waals surface area (Å²) < 4.78 is 61.2. The number of benzene rings is 3. The molecule has 9 heteroatoms. The van der Waals surface area contributed by atoms with E-state index in [9.17, 15) is 22.8 Å². The molecule has 42 heavy (non-hydrogen) atoms. The Hall–Kier alpha value is -3.85. The normalized spacial score (nSPS) is 12.8. The molecule has 0 spiro atoms. The van der Waals surface area contributed by atoms with Crippen LogP contribution in [0.3, 0.4) is 0 Å². The molecule has 0 aliphatic heterocycles. The number of unbranched alkanes of at least 4 members (excludes halogenated alkanes) is 5. The highest BCUT2D eigenvalue weighted by Gasteiger charge is 2.46. The van der Waals surface area contributed by atoms with E-state index in [1.807, 2.05) is 0 Å². The van der Waals surface area contributed by atoms with Crippen molar-refractivity contribution in [1.82, 2.24) is 0 Å².